The Balaban J connectivity index is 2.42. The van der Waals surface area contributed by atoms with Gasteiger partial charge >= 0.3 is 0 Å². The zero-order valence-corrected chi connectivity index (χ0v) is 13.6. The molecule has 0 heterocycles. The maximum Gasteiger partial charge on any atom is 0.295 e. The zero-order valence-electron chi connectivity index (χ0n) is 12.8. The molecule has 0 aromatic heterocycles. The Hall–Kier alpha value is -2.69. The highest BCUT2D eigenvalue weighted by molar-refractivity contribution is 7.95. The first-order valence-electron chi connectivity index (χ1n) is 7.45. The second-order valence-electron chi connectivity index (χ2n) is 5.28. The highest BCUT2D eigenvalue weighted by atomic mass is 32.2. The van der Waals surface area contributed by atoms with E-state index in [1.807, 2.05) is 60.7 Å². The molecule has 3 nitrogen and oxygen atoms in total. The lowest BCUT2D eigenvalue weighted by molar-refractivity contribution is 0.496. The van der Waals surface area contributed by atoms with E-state index < -0.39 is 10.1 Å². The minimum absolute atomic E-state index is 0.0968. The number of rotatable bonds is 4. The van der Waals surface area contributed by atoms with Crippen LogP contribution < -0.4 is 0 Å². The van der Waals surface area contributed by atoms with Gasteiger partial charge in [0.1, 0.15) is 4.91 Å². The van der Waals surface area contributed by atoms with E-state index in [-0.39, 0.29) is 4.91 Å². The first kappa shape index (κ1) is 16.2. The molecule has 0 aliphatic carbocycles. The van der Waals surface area contributed by atoms with Crippen molar-refractivity contribution < 1.29 is 13.0 Å². The summed E-state index contributed by atoms with van der Waals surface area (Å²) in [6.45, 7) is 0. The molecule has 0 spiro atoms. The molecule has 0 fully saturated rings. The van der Waals surface area contributed by atoms with Crippen molar-refractivity contribution in [1.29, 1.82) is 0 Å². The molecule has 0 unspecified atom stereocenters. The molecule has 0 radical (unpaired) electrons. The van der Waals surface area contributed by atoms with Crippen LogP contribution >= 0.6 is 0 Å². The van der Waals surface area contributed by atoms with Crippen molar-refractivity contribution in [3.8, 4) is 0 Å². The minimum Gasteiger partial charge on any atom is -0.282 e. The molecule has 0 aliphatic heterocycles. The molecule has 3 rings (SSSR count). The zero-order chi connectivity index (χ0) is 17.0. The molecule has 1 N–H and O–H groups in total. The maximum absolute atomic E-state index is 12.2. The molecule has 0 bridgehead atoms. The van der Waals surface area contributed by atoms with Gasteiger partial charge in [-0.2, -0.15) is 8.42 Å². The Morgan fingerprint density at radius 2 is 0.917 bits per heavy atom. The number of hydrogen-bond donors (Lipinski definition) is 1. The summed E-state index contributed by atoms with van der Waals surface area (Å²) >= 11 is 0. The monoisotopic (exact) mass is 336 g/mol. The Morgan fingerprint density at radius 3 is 1.25 bits per heavy atom. The van der Waals surface area contributed by atoms with E-state index in [0.29, 0.717) is 11.1 Å². The van der Waals surface area contributed by atoms with Crippen molar-refractivity contribution >= 4 is 20.6 Å². The van der Waals surface area contributed by atoms with Crippen LogP contribution in [0.25, 0.3) is 10.5 Å². The predicted molar refractivity (Wildman–Crippen MR) is 96.8 cm³/mol. The molecule has 4 heteroatoms. The van der Waals surface area contributed by atoms with Crippen LogP contribution in [0.3, 0.4) is 0 Å². The summed E-state index contributed by atoms with van der Waals surface area (Å²) in [6.07, 6.45) is 0. The fourth-order valence-corrected chi connectivity index (χ4v) is 3.58. The van der Waals surface area contributed by atoms with Gasteiger partial charge in [-0.25, -0.2) is 0 Å². The Labute approximate surface area is 141 Å². The van der Waals surface area contributed by atoms with Gasteiger partial charge in [0.15, 0.2) is 0 Å². The summed E-state index contributed by atoms with van der Waals surface area (Å²) < 4.78 is 34.4. The van der Waals surface area contributed by atoms with Crippen molar-refractivity contribution in [2.75, 3.05) is 0 Å². The molecule has 0 saturated heterocycles. The fourth-order valence-electron chi connectivity index (χ4n) is 2.65. The number of hydrogen-bond acceptors (Lipinski definition) is 2. The first-order chi connectivity index (χ1) is 11.6. The van der Waals surface area contributed by atoms with E-state index >= 15 is 0 Å². The largest absolute Gasteiger partial charge is 0.295 e. The average Bonchev–Trinajstić information content (AvgIpc) is 2.61. The average molecular weight is 336 g/mol. The van der Waals surface area contributed by atoms with Crippen LogP contribution in [-0.2, 0) is 10.1 Å². The van der Waals surface area contributed by atoms with Gasteiger partial charge in [-0.15, -0.1) is 0 Å². The van der Waals surface area contributed by atoms with Crippen molar-refractivity contribution in [2.45, 2.75) is 0 Å². The summed E-state index contributed by atoms with van der Waals surface area (Å²) in [7, 11) is -4.43. The maximum atomic E-state index is 12.2. The molecule has 0 saturated carbocycles. The lowest BCUT2D eigenvalue weighted by Crippen LogP contribution is -2.05. The van der Waals surface area contributed by atoms with Crippen LogP contribution in [0.4, 0.5) is 0 Å². The van der Waals surface area contributed by atoms with Gasteiger partial charge in [0.2, 0.25) is 0 Å². The van der Waals surface area contributed by atoms with Crippen molar-refractivity contribution in [3.63, 3.8) is 0 Å². The quantitative estimate of drug-likeness (QED) is 0.564. The summed E-state index contributed by atoms with van der Waals surface area (Å²) in [6, 6.07) is 27.0. The van der Waals surface area contributed by atoms with Crippen LogP contribution in [0.5, 0.6) is 0 Å². The highest BCUT2D eigenvalue weighted by Gasteiger charge is 2.23. The van der Waals surface area contributed by atoms with E-state index in [1.54, 1.807) is 30.3 Å². The van der Waals surface area contributed by atoms with E-state index in [9.17, 15) is 13.0 Å². The third-order valence-electron chi connectivity index (χ3n) is 3.65. The lowest BCUT2D eigenvalue weighted by Gasteiger charge is -2.15. The van der Waals surface area contributed by atoms with Gasteiger partial charge in [-0.3, -0.25) is 4.55 Å². The molecule has 3 aromatic carbocycles. The topological polar surface area (TPSA) is 54.4 Å². The third-order valence-corrected chi connectivity index (χ3v) is 4.60. The standard InChI is InChI=1S/C20H16O3S/c21-24(22,23)20(18-14-8-3-9-15-18)19(16-10-4-1-5-11-16)17-12-6-2-7-13-17/h1-15H,(H,21,22,23). The number of benzene rings is 3. The first-order valence-corrected chi connectivity index (χ1v) is 8.89. The molecule has 0 atom stereocenters. The molecular formula is C20H16O3S. The Kier molecular flexibility index (Phi) is 4.60. The van der Waals surface area contributed by atoms with Gasteiger partial charge in [-0.05, 0) is 16.7 Å². The van der Waals surface area contributed by atoms with Gasteiger partial charge in [0.25, 0.3) is 10.1 Å². The lowest BCUT2D eigenvalue weighted by atomic mass is 9.95. The van der Waals surface area contributed by atoms with E-state index in [1.165, 1.54) is 0 Å². The Morgan fingerprint density at radius 1 is 0.583 bits per heavy atom. The predicted octanol–water partition coefficient (Wildman–Crippen LogP) is 4.49. The molecule has 24 heavy (non-hydrogen) atoms. The normalized spacial score (nSPS) is 11.0. The van der Waals surface area contributed by atoms with Gasteiger partial charge in [-0.1, -0.05) is 91.0 Å². The Bertz CT molecular complexity index is 904. The van der Waals surface area contributed by atoms with Crippen LogP contribution in [0, 0.1) is 0 Å². The van der Waals surface area contributed by atoms with Crippen molar-refractivity contribution in [3.05, 3.63) is 108 Å². The SMILES string of the molecule is O=S(=O)(O)C(=C(c1ccccc1)c1ccccc1)c1ccccc1. The van der Waals surface area contributed by atoms with Gasteiger partial charge < -0.3 is 0 Å². The van der Waals surface area contributed by atoms with Gasteiger partial charge in [0, 0.05) is 5.57 Å². The van der Waals surface area contributed by atoms with Crippen molar-refractivity contribution in [1.82, 2.24) is 0 Å². The second kappa shape index (κ2) is 6.83. The minimum atomic E-state index is -4.43. The van der Waals surface area contributed by atoms with Gasteiger partial charge in [0.05, 0.1) is 0 Å². The smallest absolute Gasteiger partial charge is 0.282 e. The summed E-state index contributed by atoms with van der Waals surface area (Å²) in [5, 5.41) is 0. The molecular weight excluding hydrogens is 320 g/mol. The van der Waals surface area contributed by atoms with Crippen molar-refractivity contribution in [2.24, 2.45) is 0 Å². The highest BCUT2D eigenvalue weighted by Crippen LogP contribution is 2.35. The van der Waals surface area contributed by atoms with Crippen LogP contribution in [0.2, 0.25) is 0 Å². The molecule has 0 aliphatic rings. The van der Waals surface area contributed by atoms with Crippen LogP contribution in [0.15, 0.2) is 91.0 Å². The van der Waals surface area contributed by atoms with E-state index in [0.717, 1.165) is 11.1 Å². The molecule has 0 amide bonds. The fraction of sp³-hybridized carbons (Fsp3) is 0. The summed E-state index contributed by atoms with van der Waals surface area (Å²) in [4.78, 5) is -0.0968. The molecule has 3 aromatic rings. The third kappa shape index (κ3) is 3.45. The van der Waals surface area contributed by atoms with Crippen LogP contribution in [-0.4, -0.2) is 13.0 Å². The van der Waals surface area contributed by atoms with E-state index in [2.05, 4.69) is 0 Å². The summed E-state index contributed by atoms with van der Waals surface area (Å²) in [5.41, 5.74) is 2.37. The summed E-state index contributed by atoms with van der Waals surface area (Å²) in [5.74, 6) is 0. The van der Waals surface area contributed by atoms with E-state index in [4.69, 9.17) is 0 Å². The second-order valence-corrected chi connectivity index (χ2v) is 6.64. The molecule has 120 valence electrons. The van der Waals surface area contributed by atoms with Crippen LogP contribution in [0.1, 0.15) is 16.7 Å².